The van der Waals surface area contributed by atoms with Crippen LogP contribution in [0, 0.1) is 0 Å². The maximum atomic E-state index is 5.62. The van der Waals surface area contributed by atoms with Crippen LogP contribution in [-0.2, 0) is 0 Å². The predicted molar refractivity (Wildman–Crippen MR) is 197 cm³/mol. The summed E-state index contributed by atoms with van der Waals surface area (Å²) in [4.78, 5) is 0. The number of rotatable bonds is 18. The van der Waals surface area contributed by atoms with Gasteiger partial charge in [-0.25, -0.2) is 0 Å². The first-order valence-electron chi connectivity index (χ1n) is 15.9. The van der Waals surface area contributed by atoms with Crippen LogP contribution >= 0.6 is 24.4 Å². The largest absolute Gasteiger partial charge is 0.363 e. The molecule has 4 aromatic carbocycles. The molecular weight excluding hydrogens is 593 g/mol. The van der Waals surface area contributed by atoms with Gasteiger partial charge in [0.05, 0.1) is 12.1 Å². The van der Waals surface area contributed by atoms with Crippen molar-refractivity contribution in [3.8, 4) is 0 Å². The van der Waals surface area contributed by atoms with Gasteiger partial charge in [0.2, 0.25) is 0 Å². The van der Waals surface area contributed by atoms with E-state index in [1.807, 2.05) is 24.3 Å². The molecule has 6 N–H and O–H groups in total. The summed E-state index contributed by atoms with van der Waals surface area (Å²) < 4.78 is 0. The Labute approximate surface area is 279 Å². The second kappa shape index (κ2) is 20.3. The first-order valence-corrected chi connectivity index (χ1v) is 16.7. The van der Waals surface area contributed by atoms with Gasteiger partial charge >= 0.3 is 0 Å². The topological polar surface area (TPSA) is 72.2 Å². The number of nitrogens with one attached hydrogen (secondary N) is 6. The van der Waals surface area contributed by atoms with Gasteiger partial charge in [0.25, 0.3) is 0 Å². The Bertz CT molecular complexity index is 1190. The molecule has 0 aliphatic rings. The lowest BCUT2D eigenvalue weighted by Gasteiger charge is -2.22. The Morgan fingerprint density at radius 2 is 0.667 bits per heavy atom. The van der Waals surface area contributed by atoms with Crippen molar-refractivity contribution in [3.05, 3.63) is 144 Å². The van der Waals surface area contributed by atoms with Crippen LogP contribution < -0.4 is 31.9 Å². The molecule has 0 aliphatic heterocycles. The van der Waals surface area contributed by atoms with Crippen LogP contribution in [0.3, 0.4) is 0 Å². The Hall–Kier alpha value is -3.82. The Morgan fingerprint density at radius 1 is 0.400 bits per heavy atom. The first-order chi connectivity index (χ1) is 22.2. The highest BCUT2D eigenvalue weighted by atomic mass is 32.1. The van der Waals surface area contributed by atoms with E-state index in [0.29, 0.717) is 10.2 Å². The van der Waals surface area contributed by atoms with E-state index in [4.69, 9.17) is 24.4 Å². The van der Waals surface area contributed by atoms with Gasteiger partial charge in [-0.2, -0.15) is 0 Å². The SMILES string of the molecule is S=C(NCCCNCCCNCCCNC(=S)NC(c1ccccc1)c1ccccc1)NC(c1ccccc1)c1ccccc1. The maximum absolute atomic E-state index is 5.62. The van der Waals surface area contributed by atoms with Gasteiger partial charge in [0, 0.05) is 13.1 Å². The van der Waals surface area contributed by atoms with E-state index < -0.39 is 0 Å². The molecule has 6 nitrogen and oxygen atoms in total. The first kappa shape index (κ1) is 34.1. The molecule has 0 unspecified atom stereocenters. The predicted octanol–water partition coefficient (Wildman–Crippen LogP) is 5.84. The Kier molecular flexibility index (Phi) is 15.3. The molecule has 0 amide bonds. The number of benzene rings is 4. The normalized spacial score (nSPS) is 10.9. The molecular formula is C37H46N6S2. The summed E-state index contributed by atoms with van der Waals surface area (Å²) in [5.74, 6) is 0. The molecule has 236 valence electrons. The van der Waals surface area contributed by atoms with Gasteiger partial charge < -0.3 is 31.9 Å². The average Bonchev–Trinajstić information content (AvgIpc) is 3.09. The zero-order valence-electron chi connectivity index (χ0n) is 25.9. The third kappa shape index (κ3) is 12.6. The summed E-state index contributed by atoms with van der Waals surface area (Å²) in [7, 11) is 0. The number of thiocarbonyl (C=S) groups is 2. The minimum atomic E-state index is 0.0220. The second-order valence-electron chi connectivity index (χ2n) is 10.9. The van der Waals surface area contributed by atoms with Gasteiger partial charge in [-0.15, -0.1) is 0 Å². The third-order valence-corrected chi connectivity index (χ3v) is 7.95. The maximum Gasteiger partial charge on any atom is 0.167 e. The lowest BCUT2D eigenvalue weighted by molar-refractivity contribution is 0.570. The minimum Gasteiger partial charge on any atom is -0.363 e. The van der Waals surface area contributed by atoms with E-state index in [1.54, 1.807) is 0 Å². The smallest absolute Gasteiger partial charge is 0.167 e. The van der Waals surface area contributed by atoms with Crippen molar-refractivity contribution in [2.75, 3.05) is 39.3 Å². The summed E-state index contributed by atoms with van der Waals surface area (Å²) in [6.45, 7) is 5.55. The highest BCUT2D eigenvalue weighted by molar-refractivity contribution is 7.80. The molecule has 0 aromatic heterocycles. The molecule has 8 heteroatoms. The van der Waals surface area contributed by atoms with Crippen molar-refractivity contribution in [1.82, 2.24) is 31.9 Å². The molecule has 0 fully saturated rings. The van der Waals surface area contributed by atoms with Crippen molar-refractivity contribution in [1.29, 1.82) is 0 Å². The van der Waals surface area contributed by atoms with Gasteiger partial charge in [-0.05, 0) is 92.1 Å². The molecule has 0 aliphatic carbocycles. The fraction of sp³-hybridized carbons (Fsp3) is 0.297. The van der Waals surface area contributed by atoms with Crippen LogP contribution in [0.2, 0.25) is 0 Å². The van der Waals surface area contributed by atoms with Gasteiger partial charge in [0.15, 0.2) is 10.2 Å². The average molecular weight is 639 g/mol. The summed E-state index contributed by atoms with van der Waals surface area (Å²) in [6.07, 6.45) is 3.10. The zero-order valence-corrected chi connectivity index (χ0v) is 27.5. The van der Waals surface area contributed by atoms with Crippen molar-refractivity contribution in [2.45, 2.75) is 31.3 Å². The molecule has 0 saturated carbocycles. The van der Waals surface area contributed by atoms with Crippen molar-refractivity contribution in [3.63, 3.8) is 0 Å². The van der Waals surface area contributed by atoms with Crippen molar-refractivity contribution >= 4 is 34.7 Å². The lowest BCUT2D eigenvalue weighted by Crippen LogP contribution is -2.39. The van der Waals surface area contributed by atoms with E-state index in [0.717, 1.165) is 58.5 Å². The molecule has 0 atom stereocenters. The number of hydrogen-bond acceptors (Lipinski definition) is 4. The zero-order chi connectivity index (χ0) is 31.4. The van der Waals surface area contributed by atoms with Crippen LogP contribution in [0.1, 0.15) is 53.6 Å². The quantitative estimate of drug-likeness (QED) is 0.0600. The van der Waals surface area contributed by atoms with Crippen LogP contribution in [0.5, 0.6) is 0 Å². The second-order valence-corrected chi connectivity index (χ2v) is 11.7. The van der Waals surface area contributed by atoms with E-state index >= 15 is 0 Å². The van der Waals surface area contributed by atoms with Crippen molar-refractivity contribution < 1.29 is 0 Å². The summed E-state index contributed by atoms with van der Waals surface area (Å²) in [5, 5.41) is 22.1. The van der Waals surface area contributed by atoms with Crippen LogP contribution in [0.4, 0.5) is 0 Å². The molecule has 45 heavy (non-hydrogen) atoms. The monoisotopic (exact) mass is 638 g/mol. The summed E-state index contributed by atoms with van der Waals surface area (Å²) >= 11 is 11.2. The van der Waals surface area contributed by atoms with E-state index in [-0.39, 0.29) is 12.1 Å². The van der Waals surface area contributed by atoms with Gasteiger partial charge in [0.1, 0.15) is 0 Å². The van der Waals surface area contributed by atoms with Crippen molar-refractivity contribution in [2.24, 2.45) is 0 Å². The lowest BCUT2D eigenvalue weighted by atomic mass is 9.99. The molecule has 4 aromatic rings. The molecule has 0 bridgehead atoms. The van der Waals surface area contributed by atoms with Crippen LogP contribution in [0.25, 0.3) is 0 Å². The van der Waals surface area contributed by atoms with E-state index in [1.165, 1.54) is 22.3 Å². The fourth-order valence-electron chi connectivity index (χ4n) is 5.08. The minimum absolute atomic E-state index is 0.0220. The Balaban J connectivity index is 1.00. The third-order valence-electron chi connectivity index (χ3n) is 7.42. The molecule has 0 radical (unpaired) electrons. The fourth-order valence-corrected chi connectivity index (χ4v) is 5.52. The molecule has 0 spiro atoms. The summed E-state index contributed by atoms with van der Waals surface area (Å²) in [5.41, 5.74) is 4.76. The van der Waals surface area contributed by atoms with E-state index in [2.05, 4.69) is 129 Å². The van der Waals surface area contributed by atoms with Gasteiger partial charge in [-0.1, -0.05) is 121 Å². The van der Waals surface area contributed by atoms with E-state index in [9.17, 15) is 0 Å². The highest BCUT2D eigenvalue weighted by Gasteiger charge is 2.15. The van der Waals surface area contributed by atoms with Crippen LogP contribution in [-0.4, -0.2) is 49.5 Å². The number of hydrogen-bond donors (Lipinski definition) is 6. The standard InChI is InChI=1S/C37H46N6S2/c44-36(42-34(30-16-5-1-6-17-30)31-18-7-2-8-19-31)40-28-14-26-38-24-13-25-39-27-15-29-41-37(45)43-35(32-20-9-3-10-21-32)33-22-11-4-12-23-33/h1-12,16-23,34-35,38-39H,13-15,24-29H2,(H2,40,42,44)(H2,41,43,45). The molecule has 0 heterocycles. The molecule has 0 saturated heterocycles. The van der Waals surface area contributed by atoms with Gasteiger partial charge in [-0.3, -0.25) is 0 Å². The highest BCUT2D eigenvalue weighted by Crippen LogP contribution is 2.22. The molecule has 4 rings (SSSR count). The van der Waals surface area contributed by atoms with Crippen LogP contribution in [0.15, 0.2) is 121 Å². The summed E-state index contributed by atoms with van der Waals surface area (Å²) in [6, 6.07) is 41.7. The Morgan fingerprint density at radius 3 is 0.956 bits per heavy atom.